The highest BCUT2D eigenvalue weighted by molar-refractivity contribution is 6.09. The fraction of sp³-hybridized carbons (Fsp3) is 0.100. The molecular formula is C20H18N2O3. The second kappa shape index (κ2) is 7.05. The van der Waals surface area contributed by atoms with Crippen molar-refractivity contribution in [3.63, 3.8) is 0 Å². The first-order valence-electron chi connectivity index (χ1n) is 7.86. The summed E-state index contributed by atoms with van der Waals surface area (Å²) < 4.78 is 5.53. The van der Waals surface area contributed by atoms with Crippen molar-refractivity contribution in [1.29, 1.82) is 0 Å². The van der Waals surface area contributed by atoms with Gasteiger partial charge in [0.05, 0.1) is 6.26 Å². The molecule has 2 N–H and O–H groups in total. The number of nitrogens with one attached hydrogen (secondary N) is 2. The quantitative estimate of drug-likeness (QED) is 0.895. The maximum atomic E-state index is 12.5. The largest absolute Gasteiger partial charge is 0.464 e. The molecule has 0 aromatic heterocycles. The minimum atomic E-state index is -0.235. The lowest BCUT2D eigenvalue weighted by Crippen LogP contribution is -2.13. The van der Waals surface area contributed by atoms with Gasteiger partial charge in [0, 0.05) is 29.4 Å². The van der Waals surface area contributed by atoms with E-state index in [9.17, 15) is 9.59 Å². The van der Waals surface area contributed by atoms with Gasteiger partial charge < -0.3 is 15.4 Å². The molecule has 1 aliphatic rings. The zero-order valence-electron chi connectivity index (χ0n) is 14.0. The predicted octanol–water partition coefficient (Wildman–Crippen LogP) is 3.88. The van der Waals surface area contributed by atoms with Gasteiger partial charge in [-0.3, -0.25) is 9.59 Å². The van der Waals surface area contributed by atoms with Crippen molar-refractivity contribution in [1.82, 2.24) is 0 Å². The lowest BCUT2D eigenvalue weighted by Gasteiger charge is -2.07. The number of fused-ring (bicyclic) bond motifs is 1. The molecule has 1 heterocycles. The lowest BCUT2D eigenvalue weighted by atomic mass is 10.1. The Morgan fingerprint density at radius 3 is 2.32 bits per heavy atom. The Morgan fingerprint density at radius 2 is 1.64 bits per heavy atom. The molecule has 5 heteroatoms. The van der Waals surface area contributed by atoms with E-state index in [1.54, 1.807) is 36.4 Å². The normalized spacial score (nSPS) is 12.3. The second-order valence-corrected chi connectivity index (χ2v) is 5.77. The summed E-state index contributed by atoms with van der Waals surface area (Å²) in [4.78, 5) is 23.6. The molecule has 0 bridgehead atoms. The number of amides is 2. The fourth-order valence-electron chi connectivity index (χ4n) is 2.47. The van der Waals surface area contributed by atoms with E-state index in [0.29, 0.717) is 22.7 Å². The molecule has 0 radical (unpaired) electrons. The number of carbonyl (C=O) groups is 2. The summed E-state index contributed by atoms with van der Waals surface area (Å²) in [6, 6.07) is 12.7. The van der Waals surface area contributed by atoms with Gasteiger partial charge in [-0.15, -0.1) is 0 Å². The minimum Gasteiger partial charge on any atom is -0.464 e. The number of hydrogen-bond acceptors (Lipinski definition) is 3. The van der Waals surface area contributed by atoms with Gasteiger partial charge >= 0.3 is 0 Å². The van der Waals surface area contributed by atoms with Crippen molar-refractivity contribution in [3.8, 4) is 5.75 Å². The van der Waals surface area contributed by atoms with E-state index in [-0.39, 0.29) is 11.8 Å². The minimum absolute atomic E-state index is 0.139. The molecule has 5 nitrogen and oxygen atoms in total. The third-order valence-electron chi connectivity index (χ3n) is 3.64. The van der Waals surface area contributed by atoms with Crippen molar-refractivity contribution in [3.05, 3.63) is 71.5 Å². The van der Waals surface area contributed by atoms with Gasteiger partial charge in [0.1, 0.15) is 5.75 Å². The van der Waals surface area contributed by atoms with Crippen LogP contribution in [0.3, 0.4) is 0 Å². The van der Waals surface area contributed by atoms with Gasteiger partial charge in [-0.05, 0) is 55.5 Å². The lowest BCUT2D eigenvalue weighted by molar-refractivity contribution is -0.114. The summed E-state index contributed by atoms with van der Waals surface area (Å²) in [6.45, 7) is 3.44. The number of carbonyl (C=O) groups excluding carboxylic acids is 2. The van der Waals surface area contributed by atoms with Gasteiger partial charge in [-0.25, -0.2) is 0 Å². The van der Waals surface area contributed by atoms with Crippen LogP contribution >= 0.6 is 0 Å². The molecular weight excluding hydrogens is 316 g/mol. The number of benzene rings is 2. The highest BCUT2D eigenvalue weighted by Crippen LogP contribution is 2.26. The van der Waals surface area contributed by atoms with Crippen LogP contribution in [0.2, 0.25) is 0 Å². The first-order chi connectivity index (χ1) is 12.0. The summed E-state index contributed by atoms with van der Waals surface area (Å²) in [5.41, 5.74) is 3.76. The fourth-order valence-corrected chi connectivity index (χ4v) is 2.47. The average Bonchev–Trinajstić information content (AvgIpc) is 2.78. The zero-order chi connectivity index (χ0) is 17.8. The smallest absolute Gasteiger partial charge is 0.255 e. The molecule has 0 saturated heterocycles. The van der Waals surface area contributed by atoms with Gasteiger partial charge in [0.15, 0.2) is 0 Å². The molecule has 25 heavy (non-hydrogen) atoms. The number of aryl methyl sites for hydroxylation is 1. The Morgan fingerprint density at radius 1 is 0.960 bits per heavy atom. The van der Waals surface area contributed by atoms with Crippen LogP contribution in [-0.2, 0) is 9.59 Å². The zero-order valence-corrected chi connectivity index (χ0v) is 14.0. The second-order valence-electron chi connectivity index (χ2n) is 5.77. The molecule has 2 aromatic carbocycles. The molecule has 0 spiro atoms. The molecule has 3 rings (SSSR count). The van der Waals surface area contributed by atoms with Crippen LogP contribution in [0.25, 0.3) is 6.08 Å². The van der Waals surface area contributed by atoms with Gasteiger partial charge in [-0.1, -0.05) is 11.6 Å². The standard InChI is InChI=1S/C20H18N2O3/c1-13-3-8-19-16(11-13)12-15(9-10-25-19)20(24)22-18-6-4-17(5-7-18)21-14(2)23/h3-12H,1-2H3,(H,21,23)(H,22,24). The van der Waals surface area contributed by atoms with Crippen LogP contribution in [-0.4, -0.2) is 11.8 Å². The Balaban J connectivity index is 1.77. The maximum Gasteiger partial charge on any atom is 0.255 e. The third-order valence-corrected chi connectivity index (χ3v) is 3.64. The number of anilines is 2. The first-order valence-corrected chi connectivity index (χ1v) is 7.86. The molecule has 2 amide bonds. The number of ether oxygens (including phenoxy) is 1. The summed E-state index contributed by atoms with van der Waals surface area (Å²) in [6.07, 6.45) is 4.94. The van der Waals surface area contributed by atoms with E-state index in [1.165, 1.54) is 13.2 Å². The summed E-state index contributed by atoms with van der Waals surface area (Å²) in [7, 11) is 0. The number of rotatable bonds is 3. The van der Waals surface area contributed by atoms with E-state index in [1.807, 2.05) is 25.1 Å². The van der Waals surface area contributed by atoms with Crippen molar-refractivity contribution in [2.24, 2.45) is 0 Å². The Hall–Kier alpha value is -3.34. The van der Waals surface area contributed by atoms with Gasteiger partial charge in [0.2, 0.25) is 5.91 Å². The Bertz CT molecular complexity index is 880. The van der Waals surface area contributed by atoms with Crippen LogP contribution in [0, 0.1) is 6.92 Å². The van der Waals surface area contributed by atoms with Gasteiger partial charge in [0.25, 0.3) is 5.91 Å². The van der Waals surface area contributed by atoms with Crippen molar-refractivity contribution in [2.45, 2.75) is 13.8 Å². The summed E-state index contributed by atoms with van der Waals surface area (Å²) in [5.74, 6) is 0.338. The van der Waals surface area contributed by atoms with E-state index >= 15 is 0 Å². The highest BCUT2D eigenvalue weighted by Gasteiger charge is 2.12. The molecule has 0 saturated carbocycles. The van der Waals surface area contributed by atoms with Crippen molar-refractivity contribution in [2.75, 3.05) is 10.6 Å². The topological polar surface area (TPSA) is 67.4 Å². The first kappa shape index (κ1) is 16.5. The maximum absolute atomic E-state index is 12.5. The van der Waals surface area contributed by atoms with E-state index in [4.69, 9.17) is 4.74 Å². The number of hydrogen-bond donors (Lipinski definition) is 2. The molecule has 0 fully saturated rings. The summed E-state index contributed by atoms with van der Waals surface area (Å²) in [5, 5.41) is 5.52. The van der Waals surface area contributed by atoms with E-state index < -0.39 is 0 Å². The molecule has 126 valence electrons. The third kappa shape index (κ3) is 4.14. The SMILES string of the molecule is CC(=O)Nc1ccc(NC(=O)C2=Cc3cc(C)ccc3OC=C2)cc1. The molecule has 1 aliphatic heterocycles. The molecule has 0 aliphatic carbocycles. The highest BCUT2D eigenvalue weighted by atomic mass is 16.5. The van der Waals surface area contributed by atoms with Crippen LogP contribution in [0.4, 0.5) is 11.4 Å². The van der Waals surface area contributed by atoms with Gasteiger partial charge in [-0.2, -0.15) is 0 Å². The van der Waals surface area contributed by atoms with Crippen LogP contribution in [0.1, 0.15) is 18.1 Å². The molecule has 0 unspecified atom stereocenters. The van der Waals surface area contributed by atoms with E-state index in [0.717, 1.165) is 11.1 Å². The Labute approximate surface area is 146 Å². The predicted molar refractivity (Wildman–Crippen MR) is 98.3 cm³/mol. The van der Waals surface area contributed by atoms with Crippen molar-refractivity contribution < 1.29 is 14.3 Å². The van der Waals surface area contributed by atoms with Crippen LogP contribution in [0.5, 0.6) is 5.75 Å². The Kier molecular flexibility index (Phi) is 4.66. The summed E-state index contributed by atoms with van der Waals surface area (Å²) >= 11 is 0. The van der Waals surface area contributed by atoms with Crippen LogP contribution in [0.15, 0.2) is 60.4 Å². The average molecular weight is 334 g/mol. The van der Waals surface area contributed by atoms with Crippen LogP contribution < -0.4 is 15.4 Å². The van der Waals surface area contributed by atoms with Crippen molar-refractivity contribution >= 4 is 29.3 Å². The molecule has 2 aromatic rings. The van der Waals surface area contributed by atoms with E-state index in [2.05, 4.69) is 10.6 Å². The molecule has 0 atom stereocenters. The monoisotopic (exact) mass is 334 g/mol.